The van der Waals surface area contributed by atoms with E-state index in [1.54, 1.807) is 13.8 Å². The second kappa shape index (κ2) is 16.1. The summed E-state index contributed by atoms with van der Waals surface area (Å²) in [6.07, 6.45) is 3.37. The summed E-state index contributed by atoms with van der Waals surface area (Å²) in [5.41, 5.74) is 1.58. The summed E-state index contributed by atoms with van der Waals surface area (Å²) >= 11 is 0. The van der Waals surface area contributed by atoms with Gasteiger partial charge >= 0.3 is 6.09 Å². The molecule has 5 aromatic carbocycles. The number of carbonyl (C=O) groups is 1. The fraction of sp³-hybridized carbons (Fsp3) is 0.171. The molecule has 1 amide bonds. The first-order valence-electron chi connectivity index (χ1n) is 16.3. The Bertz CT molecular complexity index is 1950. The summed E-state index contributed by atoms with van der Waals surface area (Å²) in [6, 6.07) is 45.0. The number of hydrogen-bond acceptors (Lipinski definition) is 5. The number of amides is 1. The van der Waals surface area contributed by atoms with Crippen molar-refractivity contribution in [2.75, 3.05) is 6.16 Å². The van der Waals surface area contributed by atoms with Crippen molar-refractivity contribution < 1.29 is 36.0 Å². The Morgan fingerprint density at radius 3 is 1.86 bits per heavy atom. The minimum absolute atomic E-state index is 0. The average molecular weight is 737 g/mol. The van der Waals surface area contributed by atoms with Gasteiger partial charge in [0.05, 0.1) is 11.5 Å². The highest BCUT2D eigenvalue weighted by atomic mass is 79.9. The molecule has 0 aliphatic carbocycles. The summed E-state index contributed by atoms with van der Waals surface area (Å²) in [7, 11) is -1.86. The van der Waals surface area contributed by atoms with Crippen LogP contribution < -0.4 is 48.4 Å². The minimum atomic E-state index is -1.86. The van der Waals surface area contributed by atoms with Crippen LogP contribution in [0.2, 0.25) is 0 Å². The van der Waals surface area contributed by atoms with Crippen LogP contribution in [0.25, 0.3) is 22.3 Å². The number of hydrogen-bond donors (Lipinski definition) is 2. The molecule has 0 unspecified atom stereocenters. The summed E-state index contributed by atoms with van der Waals surface area (Å²) in [5, 5.41) is 17.8. The molecule has 0 radical (unpaired) electrons. The van der Waals surface area contributed by atoms with E-state index >= 15 is 0 Å². The van der Waals surface area contributed by atoms with Gasteiger partial charge < -0.3 is 36.6 Å². The van der Waals surface area contributed by atoms with Gasteiger partial charge in [0.2, 0.25) is 5.75 Å². The first-order chi connectivity index (χ1) is 23.3. The van der Waals surface area contributed by atoms with Crippen LogP contribution in [0.4, 0.5) is 4.79 Å². The number of aryl methyl sites for hydroxylation is 1. The SMILES string of the molecule is CC(C)NC(=O)Oc1ccc2c(=O)cc(-c3ccc(CCCC[P+](c4ccccc4)(c4ccccc4)c4ccccc4)cc3)oc2c1O.[Br-]. The van der Waals surface area contributed by atoms with Crippen molar-refractivity contribution in [2.45, 2.75) is 39.2 Å². The number of halogens is 1. The second-order valence-corrected chi connectivity index (χ2v) is 15.8. The van der Waals surface area contributed by atoms with Crippen LogP contribution in [-0.2, 0) is 6.42 Å². The quantitative estimate of drug-likeness (QED) is 0.145. The first-order valence-corrected chi connectivity index (χ1v) is 18.2. The third-order valence-corrected chi connectivity index (χ3v) is 13.0. The van der Waals surface area contributed by atoms with E-state index in [4.69, 9.17) is 9.15 Å². The molecule has 0 aliphatic heterocycles. The summed E-state index contributed by atoms with van der Waals surface area (Å²) in [6.45, 7) is 3.60. The molecule has 250 valence electrons. The molecular formula is C41H39BrNO5P. The molecule has 2 N–H and O–H groups in total. The van der Waals surface area contributed by atoms with Crippen LogP contribution in [0, 0.1) is 0 Å². The molecule has 8 heteroatoms. The highest BCUT2D eigenvalue weighted by Crippen LogP contribution is 2.56. The van der Waals surface area contributed by atoms with Crippen LogP contribution in [0.3, 0.4) is 0 Å². The molecule has 0 bridgehead atoms. The second-order valence-electron chi connectivity index (χ2n) is 12.1. The number of fused-ring (bicyclic) bond motifs is 1. The van der Waals surface area contributed by atoms with Crippen LogP contribution in [-0.4, -0.2) is 23.4 Å². The zero-order valence-corrected chi connectivity index (χ0v) is 30.0. The largest absolute Gasteiger partial charge is 1.00 e. The number of unbranched alkanes of at least 4 members (excludes halogenated alkanes) is 1. The molecule has 1 heterocycles. The van der Waals surface area contributed by atoms with E-state index in [-0.39, 0.29) is 45.2 Å². The molecule has 0 fully saturated rings. The molecule has 0 saturated heterocycles. The fourth-order valence-electron chi connectivity index (χ4n) is 6.17. The number of ether oxygens (including phenoxy) is 1. The fourth-order valence-corrected chi connectivity index (χ4v) is 10.6. The topological polar surface area (TPSA) is 88.8 Å². The standard InChI is InChI=1S/C41H38NO5P.BrH/c1-29(2)42-41(45)47-37-26-25-35-36(43)28-38(46-40(35)39(37)44)31-23-21-30(22-24-31)14-12-13-27-48(32-15-6-3-7-16-32,33-17-8-4-9-18-33)34-19-10-5-11-20-34;/h3-11,15-26,28-29H,12-14,27H2,1-2H3,(H-,42,44,45);1H. The van der Waals surface area contributed by atoms with E-state index in [9.17, 15) is 14.7 Å². The number of rotatable bonds is 11. The van der Waals surface area contributed by atoms with E-state index in [1.807, 2.05) is 12.1 Å². The van der Waals surface area contributed by atoms with E-state index < -0.39 is 19.1 Å². The monoisotopic (exact) mass is 735 g/mol. The number of phenolic OH excluding ortho intramolecular Hbond substituents is 1. The van der Waals surface area contributed by atoms with Gasteiger partial charge in [-0.05, 0) is 87.2 Å². The molecular weight excluding hydrogens is 697 g/mol. The van der Waals surface area contributed by atoms with E-state index in [1.165, 1.54) is 39.7 Å². The first kappa shape index (κ1) is 35.6. The normalized spacial score (nSPS) is 11.2. The Morgan fingerprint density at radius 2 is 1.33 bits per heavy atom. The lowest BCUT2D eigenvalue weighted by Crippen LogP contribution is -3.00. The molecule has 49 heavy (non-hydrogen) atoms. The Hall–Kier alpha value is -4.71. The van der Waals surface area contributed by atoms with Gasteiger partial charge in [0.15, 0.2) is 16.8 Å². The van der Waals surface area contributed by atoms with Crippen molar-refractivity contribution in [1.82, 2.24) is 5.32 Å². The molecule has 0 spiro atoms. The van der Waals surface area contributed by atoms with Gasteiger partial charge in [-0.25, -0.2) is 4.79 Å². The minimum Gasteiger partial charge on any atom is -1.00 e. The molecule has 0 aliphatic rings. The van der Waals surface area contributed by atoms with Gasteiger partial charge in [-0.1, -0.05) is 78.9 Å². The van der Waals surface area contributed by atoms with Gasteiger partial charge in [0.1, 0.15) is 28.9 Å². The molecule has 0 saturated carbocycles. The van der Waals surface area contributed by atoms with Gasteiger partial charge in [0, 0.05) is 17.7 Å². The van der Waals surface area contributed by atoms with Crippen molar-refractivity contribution in [3.63, 3.8) is 0 Å². The number of phenols is 1. The van der Waals surface area contributed by atoms with E-state index in [0.29, 0.717) is 11.3 Å². The van der Waals surface area contributed by atoms with Crippen molar-refractivity contribution >= 4 is 40.2 Å². The van der Waals surface area contributed by atoms with Crippen LogP contribution in [0.15, 0.2) is 143 Å². The van der Waals surface area contributed by atoms with Crippen LogP contribution in [0.1, 0.15) is 32.3 Å². The lowest BCUT2D eigenvalue weighted by atomic mass is 10.0. The van der Waals surface area contributed by atoms with Gasteiger partial charge in [-0.2, -0.15) is 0 Å². The smallest absolute Gasteiger partial charge is 0.412 e. The maximum absolute atomic E-state index is 12.9. The Balaban J connectivity index is 0.00000468. The molecule has 6 rings (SSSR count). The van der Waals surface area contributed by atoms with E-state index in [2.05, 4.69) is 108 Å². The number of aromatic hydroxyl groups is 1. The van der Waals surface area contributed by atoms with Gasteiger partial charge in [-0.3, -0.25) is 4.79 Å². The van der Waals surface area contributed by atoms with Gasteiger partial charge in [0.25, 0.3) is 0 Å². The zero-order valence-electron chi connectivity index (χ0n) is 27.5. The predicted molar refractivity (Wildman–Crippen MR) is 197 cm³/mol. The van der Waals surface area contributed by atoms with Crippen molar-refractivity contribution in [3.05, 3.63) is 149 Å². The Labute approximate surface area is 297 Å². The lowest BCUT2D eigenvalue weighted by Gasteiger charge is -2.27. The lowest BCUT2D eigenvalue weighted by molar-refractivity contribution is -0.0000160. The molecule has 1 aromatic heterocycles. The Kier molecular flexibility index (Phi) is 11.7. The van der Waals surface area contributed by atoms with Crippen molar-refractivity contribution in [1.29, 1.82) is 0 Å². The Morgan fingerprint density at radius 1 is 0.776 bits per heavy atom. The van der Waals surface area contributed by atoms with Crippen molar-refractivity contribution in [2.24, 2.45) is 0 Å². The molecule has 6 nitrogen and oxygen atoms in total. The summed E-state index contributed by atoms with van der Waals surface area (Å²) in [4.78, 5) is 25.0. The average Bonchev–Trinajstić information content (AvgIpc) is 3.11. The maximum Gasteiger partial charge on any atom is 0.412 e. The number of carbonyl (C=O) groups excluding carboxylic acids is 1. The van der Waals surface area contributed by atoms with Crippen LogP contribution >= 0.6 is 7.26 Å². The summed E-state index contributed by atoms with van der Waals surface area (Å²) in [5.74, 6) is -0.168. The third-order valence-electron chi connectivity index (χ3n) is 8.48. The maximum atomic E-state index is 12.9. The number of nitrogens with one attached hydrogen (secondary N) is 1. The molecule has 6 aromatic rings. The number of benzene rings is 5. The zero-order chi connectivity index (χ0) is 33.5. The highest BCUT2D eigenvalue weighted by molar-refractivity contribution is 7.95. The molecule has 0 atom stereocenters. The van der Waals surface area contributed by atoms with E-state index in [0.717, 1.165) is 25.4 Å². The predicted octanol–water partition coefficient (Wildman–Crippen LogP) is 4.98. The summed E-state index contributed by atoms with van der Waals surface area (Å²) < 4.78 is 11.3. The third kappa shape index (κ3) is 7.96. The van der Waals surface area contributed by atoms with Crippen LogP contribution in [0.5, 0.6) is 11.5 Å². The highest BCUT2D eigenvalue weighted by Gasteiger charge is 2.44. The van der Waals surface area contributed by atoms with Gasteiger partial charge in [-0.15, -0.1) is 0 Å². The van der Waals surface area contributed by atoms with Crippen molar-refractivity contribution in [3.8, 4) is 22.8 Å².